The predicted octanol–water partition coefficient (Wildman–Crippen LogP) is 3.95. The van der Waals surface area contributed by atoms with Gasteiger partial charge in [-0.2, -0.15) is 0 Å². The Hall–Kier alpha value is -2.33. The summed E-state index contributed by atoms with van der Waals surface area (Å²) >= 11 is 2.00. The van der Waals surface area contributed by atoms with Crippen LogP contribution in [0.15, 0.2) is 42.6 Å². The third kappa shape index (κ3) is 3.22. The molecule has 4 nitrogen and oxygen atoms in total. The number of halogens is 1. The van der Waals surface area contributed by atoms with Gasteiger partial charge in [0.05, 0.1) is 5.56 Å². The van der Waals surface area contributed by atoms with E-state index in [0.29, 0.717) is 11.2 Å². The van der Waals surface area contributed by atoms with Crippen molar-refractivity contribution < 1.29 is 4.79 Å². The number of hydrogen-bond donors (Lipinski definition) is 1. The molecule has 0 aliphatic heterocycles. The normalized spacial score (nSPS) is 10.2. The van der Waals surface area contributed by atoms with Crippen molar-refractivity contribution in [2.45, 2.75) is 13.8 Å². The maximum Gasteiger partial charge on any atom is 0.259 e. The van der Waals surface area contributed by atoms with Gasteiger partial charge in [-0.05, 0) is 54.2 Å². The summed E-state index contributed by atoms with van der Waals surface area (Å²) in [6.07, 6.45) is 1.87. The molecule has 0 aliphatic rings. The number of amides is 1. The van der Waals surface area contributed by atoms with Crippen molar-refractivity contribution in [3.8, 4) is 9.85 Å². The number of aryl methyl sites for hydroxylation is 2. The number of benzene rings is 1. The van der Waals surface area contributed by atoms with E-state index in [2.05, 4.69) is 20.1 Å². The van der Waals surface area contributed by atoms with Gasteiger partial charge in [-0.3, -0.25) is 4.79 Å². The highest BCUT2D eigenvalue weighted by molar-refractivity contribution is 14.1. The first-order valence-electron chi connectivity index (χ1n) is 7.07. The van der Waals surface area contributed by atoms with E-state index in [1.807, 2.05) is 77.4 Å². The Bertz CT molecular complexity index is 946. The Labute approximate surface area is 148 Å². The smallest absolute Gasteiger partial charge is 0.259 e. The molecule has 23 heavy (non-hydrogen) atoms. The lowest BCUT2D eigenvalue weighted by Crippen LogP contribution is -2.12. The van der Waals surface area contributed by atoms with Crippen LogP contribution < -0.4 is 5.32 Å². The zero-order valence-electron chi connectivity index (χ0n) is 12.7. The summed E-state index contributed by atoms with van der Waals surface area (Å²) in [6.45, 7) is 3.92. The minimum absolute atomic E-state index is 0.169. The molecule has 3 aromatic rings. The third-order valence-corrected chi connectivity index (χ3v) is 3.79. The number of hydrogen-bond acceptors (Lipinski definition) is 2. The average molecular weight is 415 g/mol. The molecule has 0 atom stereocenters. The van der Waals surface area contributed by atoms with Crippen LogP contribution >= 0.6 is 22.6 Å². The summed E-state index contributed by atoms with van der Waals surface area (Å²) in [7, 11) is 0. The van der Waals surface area contributed by atoms with Gasteiger partial charge in [0.1, 0.15) is 5.65 Å². The first-order chi connectivity index (χ1) is 11.1. The van der Waals surface area contributed by atoms with E-state index in [1.165, 1.54) is 0 Å². The number of carbonyl (C=O) groups is 1. The minimum Gasteiger partial charge on any atom is -0.322 e. The minimum atomic E-state index is -0.169. The van der Waals surface area contributed by atoms with E-state index in [4.69, 9.17) is 0 Å². The van der Waals surface area contributed by atoms with Crippen LogP contribution in [0.3, 0.4) is 0 Å². The summed E-state index contributed by atoms with van der Waals surface area (Å²) < 4.78 is 4.74. The summed E-state index contributed by atoms with van der Waals surface area (Å²) in [6, 6.07) is 11.2. The molecule has 0 spiro atoms. The Morgan fingerprint density at radius 3 is 2.65 bits per heavy atom. The van der Waals surface area contributed by atoms with Gasteiger partial charge < -0.3 is 9.72 Å². The first kappa shape index (κ1) is 15.6. The molecule has 0 unspecified atom stereocenters. The van der Waals surface area contributed by atoms with E-state index in [9.17, 15) is 4.79 Å². The van der Waals surface area contributed by atoms with Crippen molar-refractivity contribution in [3.63, 3.8) is 0 Å². The zero-order valence-corrected chi connectivity index (χ0v) is 14.9. The standard InChI is InChI=1S/C18H14IN3O/c1-12-11-13(2)22-10-8-16(17(22)20-12)18(23)21-15-5-3-14(4-6-15)7-9-19/h3-6,8,10-11H,1-2H3,(H,21,23). The van der Waals surface area contributed by atoms with Gasteiger partial charge in [-0.25, -0.2) is 4.98 Å². The monoisotopic (exact) mass is 415 g/mol. The fraction of sp³-hybridized carbons (Fsp3) is 0.111. The molecule has 5 heteroatoms. The SMILES string of the molecule is Cc1cc(C)n2ccc(C(=O)Nc3ccc(C#CI)cc3)c2n1. The van der Waals surface area contributed by atoms with Crippen LogP contribution in [0.25, 0.3) is 5.65 Å². The van der Waals surface area contributed by atoms with Crippen molar-refractivity contribution >= 4 is 39.8 Å². The topological polar surface area (TPSA) is 46.4 Å². The largest absolute Gasteiger partial charge is 0.322 e. The second-order valence-corrected chi connectivity index (χ2v) is 5.75. The van der Waals surface area contributed by atoms with E-state index in [-0.39, 0.29) is 5.91 Å². The van der Waals surface area contributed by atoms with Crippen LogP contribution in [0.5, 0.6) is 0 Å². The molecule has 0 saturated carbocycles. The second-order valence-electron chi connectivity index (χ2n) is 5.21. The number of nitrogens with one attached hydrogen (secondary N) is 1. The van der Waals surface area contributed by atoms with Gasteiger partial charge in [-0.1, -0.05) is 5.92 Å². The number of nitrogens with zero attached hydrogens (tertiary/aromatic N) is 2. The highest BCUT2D eigenvalue weighted by atomic mass is 127. The van der Waals surface area contributed by atoms with Gasteiger partial charge in [-0.15, -0.1) is 0 Å². The van der Waals surface area contributed by atoms with Crippen LogP contribution in [0.1, 0.15) is 27.3 Å². The molecule has 2 aromatic heterocycles. The summed E-state index contributed by atoms with van der Waals surface area (Å²) in [5.41, 5.74) is 4.83. The molecule has 1 N–H and O–H groups in total. The van der Waals surface area contributed by atoms with Gasteiger partial charge in [0.25, 0.3) is 5.91 Å². The summed E-state index contributed by atoms with van der Waals surface area (Å²) in [4.78, 5) is 17.0. The van der Waals surface area contributed by atoms with Crippen molar-refractivity contribution in [1.82, 2.24) is 9.38 Å². The van der Waals surface area contributed by atoms with Crippen molar-refractivity contribution in [1.29, 1.82) is 0 Å². The molecule has 0 saturated heterocycles. The average Bonchev–Trinajstić information content (AvgIpc) is 2.93. The lowest BCUT2D eigenvalue weighted by Gasteiger charge is -2.06. The number of rotatable bonds is 2. The van der Waals surface area contributed by atoms with Gasteiger partial charge in [0, 0.05) is 51.4 Å². The maximum atomic E-state index is 12.5. The fourth-order valence-electron chi connectivity index (χ4n) is 2.46. The van der Waals surface area contributed by atoms with Crippen molar-refractivity contribution in [3.05, 3.63) is 65.1 Å². The molecule has 0 aliphatic carbocycles. The lowest BCUT2D eigenvalue weighted by molar-refractivity contribution is 0.102. The highest BCUT2D eigenvalue weighted by Crippen LogP contribution is 2.17. The van der Waals surface area contributed by atoms with Crippen LogP contribution in [-0.2, 0) is 0 Å². The lowest BCUT2D eigenvalue weighted by atomic mass is 10.2. The number of anilines is 1. The highest BCUT2D eigenvalue weighted by Gasteiger charge is 2.14. The van der Waals surface area contributed by atoms with E-state index < -0.39 is 0 Å². The number of aromatic nitrogens is 2. The molecule has 3 rings (SSSR count). The molecule has 0 bridgehead atoms. The Morgan fingerprint density at radius 1 is 1.22 bits per heavy atom. The van der Waals surface area contributed by atoms with Crippen molar-refractivity contribution in [2.75, 3.05) is 5.32 Å². The predicted molar refractivity (Wildman–Crippen MR) is 100.0 cm³/mol. The number of fused-ring (bicyclic) bond motifs is 1. The van der Waals surface area contributed by atoms with Crippen molar-refractivity contribution in [2.24, 2.45) is 0 Å². The molecular weight excluding hydrogens is 401 g/mol. The molecule has 114 valence electrons. The molecule has 2 heterocycles. The Kier molecular flexibility index (Phi) is 4.35. The van der Waals surface area contributed by atoms with E-state index >= 15 is 0 Å². The Morgan fingerprint density at radius 2 is 1.96 bits per heavy atom. The van der Waals surface area contributed by atoms with E-state index in [0.717, 1.165) is 22.6 Å². The fourth-order valence-corrected chi connectivity index (χ4v) is 2.77. The molecule has 0 fully saturated rings. The van der Waals surface area contributed by atoms with Gasteiger partial charge >= 0.3 is 0 Å². The quantitative estimate of drug-likeness (QED) is 0.509. The third-order valence-electron chi connectivity index (χ3n) is 3.52. The van der Waals surface area contributed by atoms with Crippen LogP contribution in [0, 0.1) is 23.7 Å². The Balaban J connectivity index is 1.90. The number of carbonyl (C=O) groups excluding carboxylic acids is 1. The summed E-state index contributed by atoms with van der Waals surface area (Å²) in [5.74, 6) is 2.79. The second kappa shape index (κ2) is 6.42. The molecule has 0 radical (unpaired) electrons. The molecular formula is C18H14IN3O. The van der Waals surface area contributed by atoms with Gasteiger partial charge in [0.15, 0.2) is 0 Å². The zero-order chi connectivity index (χ0) is 16.4. The summed E-state index contributed by atoms with van der Waals surface area (Å²) in [5, 5.41) is 2.90. The first-order valence-corrected chi connectivity index (χ1v) is 8.15. The molecule has 1 aromatic carbocycles. The van der Waals surface area contributed by atoms with Crippen LogP contribution in [-0.4, -0.2) is 15.3 Å². The maximum absolute atomic E-state index is 12.5. The van der Waals surface area contributed by atoms with Crippen LogP contribution in [0.2, 0.25) is 0 Å². The van der Waals surface area contributed by atoms with E-state index in [1.54, 1.807) is 6.07 Å². The van der Waals surface area contributed by atoms with Crippen LogP contribution in [0.4, 0.5) is 5.69 Å². The van der Waals surface area contributed by atoms with Gasteiger partial charge in [0.2, 0.25) is 0 Å². The molecule has 1 amide bonds.